The van der Waals surface area contributed by atoms with Crippen molar-refractivity contribution in [3.63, 3.8) is 0 Å². The van der Waals surface area contributed by atoms with E-state index in [0.29, 0.717) is 30.3 Å². The van der Waals surface area contributed by atoms with Crippen molar-refractivity contribution in [2.45, 2.75) is 20.0 Å². The summed E-state index contributed by atoms with van der Waals surface area (Å²) in [5.41, 5.74) is 2.07. The van der Waals surface area contributed by atoms with Crippen LogP contribution < -0.4 is 29.7 Å². The fourth-order valence-electron chi connectivity index (χ4n) is 3.55. The molecule has 1 saturated heterocycles. The van der Waals surface area contributed by atoms with Gasteiger partial charge in [-0.05, 0) is 30.7 Å². The fourth-order valence-corrected chi connectivity index (χ4v) is 3.55. The van der Waals surface area contributed by atoms with Crippen molar-refractivity contribution in [1.82, 2.24) is 15.6 Å². The third-order valence-electron chi connectivity index (χ3n) is 5.11. The molecule has 0 aliphatic carbocycles. The van der Waals surface area contributed by atoms with Gasteiger partial charge in [-0.3, -0.25) is 0 Å². The number of benzene rings is 1. The number of hydrogen-bond acceptors (Lipinski definition) is 7. The molecule has 2 aromatic rings. The van der Waals surface area contributed by atoms with Gasteiger partial charge in [0.25, 0.3) is 0 Å². The Morgan fingerprint density at radius 2 is 1.79 bits per heavy atom. The number of morpholine rings is 1. The first-order chi connectivity index (χ1) is 15.7. The number of aliphatic imine (C=N–C) groups is 1. The first kappa shape index (κ1) is 26.8. The number of hydrogen-bond donors (Lipinski definition) is 2. The van der Waals surface area contributed by atoms with Crippen molar-refractivity contribution >= 4 is 35.8 Å². The van der Waals surface area contributed by atoms with Gasteiger partial charge in [-0.15, -0.1) is 24.0 Å². The predicted molar refractivity (Wildman–Crippen MR) is 140 cm³/mol. The van der Waals surface area contributed by atoms with E-state index in [2.05, 4.69) is 26.6 Å². The molecule has 0 atom stereocenters. The number of nitrogens with zero attached hydrogens (tertiary/aromatic N) is 3. The standard InChI is InChI=1S/C23H33N5O4.HI/c1-5-24-23(26-15-17-13-19(29-2)21(31-4)20(14-17)30-3)27-16-18-7-6-8-25-22(18)28-9-11-32-12-10-28;/h6-8,13-14H,5,9-12,15-16H2,1-4H3,(H2,24,26,27);1H. The number of ether oxygens (including phenoxy) is 4. The summed E-state index contributed by atoms with van der Waals surface area (Å²) in [4.78, 5) is 11.6. The van der Waals surface area contributed by atoms with Crippen LogP contribution in [0, 0.1) is 0 Å². The summed E-state index contributed by atoms with van der Waals surface area (Å²) in [5, 5.41) is 6.72. The number of halogens is 1. The van der Waals surface area contributed by atoms with Gasteiger partial charge in [-0.25, -0.2) is 9.98 Å². The average molecular weight is 571 g/mol. The van der Waals surface area contributed by atoms with Crippen LogP contribution in [0.2, 0.25) is 0 Å². The Balaban J connectivity index is 0.00000385. The maximum absolute atomic E-state index is 5.47. The van der Waals surface area contributed by atoms with Crippen molar-refractivity contribution in [2.24, 2.45) is 4.99 Å². The number of rotatable bonds is 9. The summed E-state index contributed by atoms with van der Waals surface area (Å²) in [6.45, 7) is 7.00. The molecule has 9 nitrogen and oxygen atoms in total. The second kappa shape index (κ2) is 13.9. The summed E-state index contributed by atoms with van der Waals surface area (Å²) in [7, 11) is 4.81. The van der Waals surface area contributed by atoms with Crippen LogP contribution in [0.15, 0.2) is 35.5 Å². The predicted octanol–water partition coefficient (Wildman–Crippen LogP) is 2.82. The summed E-state index contributed by atoms with van der Waals surface area (Å²) in [6, 6.07) is 7.87. The molecule has 2 N–H and O–H groups in total. The second-order valence-corrected chi connectivity index (χ2v) is 7.17. The smallest absolute Gasteiger partial charge is 0.203 e. The minimum absolute atomic E-state index is 0. The highest BCUT2D eigenvalue weighted by atomic mass is 127. The Morgan fingerprint density at radius 3 is 2.39 bits per heavy atom. The highest BCUT2D eigenvalue weighted by molar-refractivity contribution is 14.0. The third-order valence-corrected chi connectivity index (χ3v) is 5.11. The van der Waals surface area contributed by atoms with E-state index < -0.39 is 0 Å². The SMILES string of the molecule is CCNC(=NCc1cc(OC)c(OC)c(OC)c1)NCc1cccnc1N1CCOCC1.I. The molecule has 1 aliphatic heterocycles. The maximum Gasteiger partial charge on any atom is 0.203 e. The van der Waals surface area contributed by atoms with Gasteiger partial charge in [0.2, 0.25) is 5.75 Å². The highest BCUT2D eigenvalue weighted by Gasteiger charge is 2.16. The molecule has 1 aromatic heterocycles. The zero-order chi connectivity index (χ0) is 22.8. The van der Waals surface area contributed by atoms with E-state index in [0.717, 1.165) is 55.8 Å². The van der Waals surface area contributed by atoms with E-state index >= 15 is 0 Å². The number of nitrogens with one attached hydrogen (secondary N) is 2. The lowest BCUT2D eigenvalue weighted by Gasteiger charge is -2.29. The third kappa shape index (κ3) is 7.26. The van der Waals surface area contributed by atoms with Crippen LogP contribution >= 0.6 is 24.0 Å². The number of methoxy groups -OCH3 is 3. The molecule has 1 aromatic carbocycles. The molecule has 0 amide bonds. The Morgan fingerprint density at radius 1 is 1.09 bits per heavy atom. The lowest BCUT2D eigenvalue weighted by atomic mass is 10.2. The van der Waals surface area contributed by atoms with Crippen LogP contribution in [0.1, 0.15) is 18.1 Å². The van der Waals surface area contributed by atoms with Crippen LogP contribution in [-0.2, 0) is 17.8 Å². The molecule has 0 unspecified atom stereocenters. The zero-order valence-electron chi connectivity index (χ0n) is 19.7. The molecule has 0 bridgehead atoms. The lowest BCUT2D eigenvalue weighted by Crippen LogP contribution is -2.39. The summed E-state index contributed by atoms with van der Waals surface area (Å²) < 4.78 is 21.8. The van der Waals surface area contributed by atoms with Gasteiger partial charge < -0.3 is 34.5 Å². The molecule has 0 saturated carbocycles. The van der Waals surface area contributed by atoms with Gasteiger partial charge in [-0.1, -0.05) is 6.07 Å². The van der Waals surface area contributed by atoms with E-state index in [-0.39, 0.29) is 24.0 Å². The van der Waals surface area contributed by atoms with Crippen LogP contribution in [0.3, 0.4) is 0 Å². The number of pyridine rings is 1. The molecule has 10 heteroatoms. The molecule has 2 heterocycles. The summed E-state index contributed by atoms with van der Waals surface area (Å²) in [5.74, 6) is 3.50. The molecule has 1 fully saturated rings. The molecular weight excluding hydrogens is 537 g/mol. The van der Waals surface area contributed by atoms with Gasteiger partial charge in [0.05, 0.1) is 41.1 Å². The van der Waals surface area contributed by atoms with Crippen LogP contribution in [-0.4, -0.2) is 65.1 Å². The van der Waals surface area contributed by atoms with E-state index in [4.69, 9.17) is 23.9 Å². The van der Waals surface area contributed by atoms with Crippen molar-refractivity contribution in [3.8, 4) is 17.2 Å². The van der Waals surface area contributed by atoms with Crippen LogP contribution in [0.5, 0.6) is 17.2 Å². The van der Waals surface area contributed by atoms with Crippen molar-refractivity contribution in [1.29, 1.82) is 0 Å². The van der Waals surface area contributed by atoms with Crippen molar-refractivity contribution < 1.29 is 18.9 Å². The molecule has 3 rings (SSSR count). The normalized spacial score (nSPS) is 13.7. The molecule has 1 aliphatic rings. The fraction of sp³-hybridized carbons (Fsp3) is 0.478. The summed E-state index contributed by atoms with van der Waals surface area (Å²) in [6.07, 6.45) is 1.83. The van der Waals surface area contributed by atoms with Crippen molar-refractivity contribution in [2.75, 3.05) is 59.1 Å². The first-order valence-corrected chi connectivity index (χ1v) is 10.8. The lowest BCUT2D eigenvalue weighted by molar-refractivity contribution is 0.122. The zero-order valence-corrected chi connectivity index (χ0v) is 22.0. The van der Waals surface area contributed by atoms with E-state index in [1.165, 1.54) is 0 Å². The molecule has 33 heavy (non-hydrogen) atoms. The largest absolute Gasteiger partial charge is 0.493 e. The van der Waals surface area contributed by atoms with E-state index in [1.54, 1.807) is 21.3 Å². The van der Waals surface area contributed by atoms with Crippen LogP contribution in [0.4, 0.5) is 5.82 Å². The van der Waals surface area contributed by atoms with Gasteiger partial charge >= 0.3 is 0 Å². The molecule has 0 radical (unpaired) electrons. The Bertz CT molecular complexity index is 881. The quantitative estimate of drug-likeness (QED) is 0.270. The van der Waals surface area contributed by atoms with E-state index in [1.807, 2.05) is 31.3 Å². The van der Waals surface area contributed by atoms with Gasteiger partial charge in [0.1, 0.15) is 5.82 Å². The van der Waals surface area contributed by atoms with E-state index in [9.17, 15) is 0 Å². The maximum atomic E-state index is 5.47. The number of guanidine groups is 1. The Labute approximate surface area is 212 Å². The Kier molecular flexibility index (Phi) is 11.3. The first-order valence-electron chi connectivity index (χ1n) is 10.8. The topological polar surface area (TPSA) is 89.5 Å². The molecular formula is C23H34IN5O4. The minimum Gasteiger partial charge on any atom is -0.493 e. The van der Waals surface area contributed by atoms with Gasteiger partial charge in [0, 0.05) is 37.9 Å². The molecule has 182 valence electrons. The van der Waals surface area contributed by atoms with Crippen molar-refractivity contribution in [3.05, 3.63) is 41.6 Å². The highest BCUT2D eigenvalue weighted by Crippen LogP contribution is 2.38. The average Bonchev–Trinajstić information content (AvgIpc) is 2.85. The van der Waals surface area contributed by atoms with Gasteiger partial charge in [0.15, 0.2) is 17.5 Å². The number of aromatic nitrogens is 1. The summed E-state index contributed by atoms with van der Waals surface area (Å²) >= 11 is 0. The van der Waals surface area contributed by atoms with Gasteiger partial charge in [-0.2, -0.15) is 0 Å². The monoisotopic (exact) mass is 571 g/mol. The second-order valence-electron chi connectivity index (χ2n) is 7.17. The number of anilines is 1. The van der Waals surface area contributed by atoms with Crippen LogP contribution in [0.25, 0.3) is 0 Å². The Hall–Kier alpha value is -2.47. The minimum atomic E-state index is 0. The molecule has 0 spiro atoms.